The Hall–Kier alpha value is -3.30. The lowest BCUT2D eigenvalue weighted by Crippen LogP contribution is -2.44. The number of amides is 2. The van der Waals surface area contributed by atoms with Crippen molar-refractivity contribution in [2.75, 3.05) is 39.0 Å². The van der Waals surface area contributed by atoms with Crippen LogP contribution in [-0.4, -0.2) is 69.7 Å². The molecule has 5 rings (SSSR count). The molecule has 9 heteroatoms. The SMILES string of the molecule is CC1CCCN(C(=O)C(=O)Nc2ccn3ccnc3c2)C1.CCC(CN(C)C)c1nc2ccccc2s1. The van der Waals surface area contributed by atoms with Crippen molar-refractivity contribution in [1.82, 2.24) is 24.2 Å². The minimum absolute atomic E-state index is 0.454. The summed E-state index contributed by atoms with van der Waals surface area (Å²) in [6, 6.07) is 11.9. The second kappa shape index (κ2) is 12.3. The van der Waals surface area contributed by atoms with Crippen molar-refractivity contribution < 1.29 is 9.59 Å². The number of hydrogen-bond acceptors (Lipinski definition) is 6. The number of likely N-dealkylation sites (N-methyl/N-ethyl adjacent to an activating group) is 1. The Morgan fingerprint density at radius 3 is 2.76 bits per heavy atom. The number of likely N-dealkylation sites (tertiary alicyclic amines) is 1. The maximum atomic E-state index is 12.2. The number of carbonyl (C=O) groups is 2. The average molecular weight is 521 g/mol. The molecule has 1 aliphatic rings. The van der Waals surface area contributed by atoms with E-state index in [0.717, 1.165) is 37.0 Å². The van der Waals surface area contributed by atoms with Gasteiger partial charge < -0.3 is 19.5 Å². The van der Waals surface area contributed by atoms with Gasteiger partial charge in [-0.15, -0.1) is 11.3 Å². The van der Waals surface area contributed by atoms with Gasteiger partial charge in [-0.3, -0.25) is 9.59 Å². The van der Waals surface area contributed by atoms with Gasteiger partial charge in [0.05, 0.1) is 15.2 Å². The molecular formula is C28H36N6O2S. The smallest absolute Gasteiger partial charge is 0.313 e. The van der Waals surface area contributed by atoms with Gasteiger partial charge in [0, 0.05) is 55.9 Å². The molecule has 3 aromatic heterocycles. The van der Waals surface area contributed by atoms with Crippen LogP contribution >= 0.6 is 11.3 Å². The van der Waals surface area contributed by atoms with Gasteiger partial charge in [0.1, 0.15) is 5.65 Å². The summed E-state index contributed by atoms with van der Waals surface area (Å²) in [6.45, 7) is 6.74. The maximum Gasteiger partial charge on any atom is 0.313 e. The van der Waals surface area contributed by atoms with E-state index in [2.05, 4.69) is 67.4 Å². The van der Waals surface area contributed by atoms with Gasteiger partial charge in [0.15, 0.2) is 0 Å². The Balaban J connectivity index is 0.000000180. The summed E-state index contributed by atoms with van der Waals surface area (Å²) in [5, 5.41) is 3.93. The fraction of sp³-hybridized carbons (Fsp3) is 0.429. The van der Waals surface area contributed by atoms with E-state index in [-0.39, 0.29) is 0 Å². The predicted octanol–water partition coefficient (Wildman–Crippen LogP) is 4.88. The van der Waals surface area contributed by atoms with Gasteiger partial charge in [-0.25, -0.2) is 9.97 Å². The van der Waals surface area contributed by atoms with Gasteiger partial charge in [-0.1, -0.05) is 26.0 Å². The summed E-state index contributed by atoms with van der Waals surface area (Å²) in [4.78, 5) is 37.0. The summed E-state index contributed by atoms with van der Waals surface area (Å²) >= 11 is 1.83. The Morgan fingerprint density at radius 2 is 2.03 bits per heavy atom. The molecule has 0 radical (unpaired) electrons. The largest absolute Gasteiger partial charge is 0.334 e. The lowest BCUT2D eigenvalue weighted by molar-refractivity contribution is -0.144. The van der Waals surface area contributed by atoms with Crippen molar-refractivity contribution in [1.29, 1.82) is 0 Å². The molecule has 0 bridgehead atoms. The quantitative estimate of drug-likeness (QED) is 0.379. The molecule has 4 heterocycles. The molecule has 2 atom stereocenters. The van der Waals surface area contributed by atoms with Crippen LogP contribution in [0, 0.1) is 5.92 Å². The molecule has 0 aliphatic carbocycles. The molecule has 8 nitrogen and oxygen atoms in total. The molecule has 4 aromatic rings. The number of aromatic nitrogens is 3. The third-order valence-corrected chi connectivity index (χ3v) is 7.73. The fourth-order valence-electron chi connectivity index (χ4n) is 4.58. The van der Waals surface area contributed by atoms with Crippen molar-refractivity contribution in [2.24, 2.45) is 5.92 Å². The molecule has 1 aliphatic heterocycles. The van der Waals surface area contributed by atoms with Crippen molar-refractivity contribution in [3.8, 4) is 0 Å². The number of hydrogen-bond donors (Lipinski definition) is 1. The number of nitrogens with one attached hydrogen (secondary N) is 1. The second-order valence-electron chi connectivity index (χ2n) is 9.95. The zero-order valence-electron chi connectivity index (χ0n) is 22.1. The van der Waals surface area contributed by atoms with E-state index in [1.807, 2.05) is 21.9 Å². The van der Waals surface area contributed by atoms with E-state index < -0.39 is 11.8 Å². The molecule has 1 fully saturated rings. The molecular weight excluding hydrogens is 484 g/mol. The summed E-state index contributed by atoms with van der Waals surface area (Å²) < 4.78 is 3.14. The molecule has 0 saturated carbocycles. The lowest BCUT2D eigenvalue weighted by Gasteiger charge is -2.30. The van der Waals surface area contributed by atoms with E-state index in [1.165, 1.54) is 9.71 Å². The monoisotopic (exact) mass is 520 g/mol. The van der Waals surface area contributed by atoms with E-state index in [4.69, 9.17) is 4.98 Å². The summed E-state index contributed by atoms with van der Waals surface area (Å²) in [5.74, 6) is -0.0195. The zero-order chi connectivity index (χ0) is 26.4. The zero-order valence-corrected chi connectivity index (χ0v) is 22.9. The van der Waals surface area contributed by atoms with Gasteiger partial charge in [0.2, 0.25) is 0 Å². The number of anilines is 1. The summed E-state index contributed by atoms with van der Waals surface area (Å²) in [6.07, 6.45) is 8.52. The van der Waals surface area contributed by atoms with Crippen molar-refractivity contribution in [3.05, 3.63) is 60.0 Å². The van der Waals surface area contributed by atoms with Gasteiger partial charge in [-0.2, -0.15) is 0 Å². The van der Waals surface area contributed by atoms with E-state index in [9.17, 15) is 9.59 Å². The predicted molar refractivity (Wildman–Crippen MR) is 150 cm³/mol. The highest BCUT2D eigenvalue weighted by atomic mass is 32.1. The first-order valence-corrected chi connectivity index (χ1v) is 13.7. The van der Waals surface area contributed by atoms with Crippen molar-refractivity contribution in [3.63, 3.8) is 0 Å². The number of nitrogens with zero attached hydrogens (tertiary/aromatic N) is 5. The molecule has 1 saturated heterocycles. The van der Waals surface area contributed by atoms with E-state index in [1.54, 1.807) is 29.4 Å². The molecule has 1 N–H and O–H groups in total. The highest BCUT2D eigenvalue weighted by Crippen LogP contribution is 2.29. The number of benzene rings is 1. The highest BCUT2D eigenvalue weighted by Gasteiger charge is 2.26. The lowest BCUT2D eigenvalue weighted by atomic mass is 10.0. The first kappa shape index (κ1) is 26.8. The van der Waals surface area contributed by atoms with Crippen LogP contribution in [0.5, 0.6) is 0 Å². The summed E-state index contributed by atoms with van der Waals surface area (Å²) in [7, 11) is 4.24. The van der Waals surface area contributed by atoms with Gasteiger partial charge in [-0.05, 0) is 57.5 Å². The highest BCUT2D eigenvalue weighted by molar-refractivity contribution is 7.18. The van der Waals surface area contributed by atoms with Crippen LogP contribution < -0.4 is 5.32 Å². The molecule has 196 valence electrons. The van der Waals surface area contributed by atoms with Crippen LogP contribution in [0.15, 0.2) is 55.0 Å². The number of para-hydroxylation sites is 1. The number of thiazole rings is 1. The third-order valence-electron chi connectivity index (χ3n) is 6.53. The Labute approximate surface area is 222 Å². The third kappa shape index (κ3) is 6.93. The molecule has 1 aromatic carbocycles. The summed E-state index contributed by atoms with van der Waals surface area (Å²) in [5.41, 5.74) is 2.45. The number of imidazole rings is 1. The van der Waals surface area contributed by atoms with Crippen LogP contribution in [0.3, 0.4) is 0 Å². The topological polar surface area (TPSA) is 82.8 Å². The van der Waals surface area contributed by atoms with E-state index >= 15 is 0 Å². The molecule has 37 heavy (non-hydrogen) atoms. The van der Waals surface area contributed by atoms with Crippen molar-refractivity contribution in [2.45, 2.75) is 39.0 Å². The second-order valence-corrected chi connectivity index (χ2v) is 11.0. The number of fused-ring (bicyclic) bond motifs is 2. The molecule has 2 unspecified atom stereocenters. The van der Waals surface area contributed by atoms with Crippen LogP contribution in [0.2, 0.25) is 0 Å². The Morgan fingerprint density at radius 1 is 1.22 bits per heavy atom. The van der Waals surface area contributed by atoms with E-state index in [0.29, 0.717) is 30.6 Å². The number of rotatable bonds is 5. The Bertz CT molecular complexity index is 1310. The number of carbonyl (C=O) groups excluding carboxylic acids is 2. The minimum Gasteiger partial charge on any atom is -0.334 e. The van der Waals surface area contributed by atoms with Crippen LogP contribution in [0.1, 0.15) is 44.0 Å². The normalized spacial score (nSPS) is 16.5. The average Bonchev–Trinajstić information content (AvgIpc) is 3.53. The number of piperidine rings is 1. The first-order valence-electron chi connectivity index (χ1n) is 12.9. The number of pyridine rings is 1. The standard InChI is InChI=1S/C15H18N4O2.C13H18N2S/c1-11-3-2-6-19(10-11)15(21)14(20)17-12-4-7-18-8-5-16-13(18)9-12;1-4-10(9-15(2)3)13-14-11-7-5-6-8-12(11)16-13/h4-5,7-9,11H,2-3,6,10H2,1H3,(H,17,20);5-8,10H,4,9H2,1-3H3. The maximum absolute atomic E-state index is 12.2. The van der Waals surface area contributed by atoms with Gasteiger partial charge in [0.25, 0.3) is 0 Å². The van der Waals surface area contributed by atoms with Crippen molar-refractivity contribution >= 4 is 44.7 Å². The van der Waals surface area contributed by atoms with Crippen LogP contribution in [0.25, 0.3) is 15.9 Å². The minimum atomic E-state index is -0.583. The molecule has 0 spiro atoms. The Kier molecular flexibility index (Phi) is 8.89. The van der Waals surface area contributed by atoms with Gasteiger partial charge >= 0.3 is 11.8 Å². The fourth-order valence-corrected chi connectivity index (χ4v) is 5.72. The van der Waals surface area contributed by atoms with Crippen LogP contribution in [-0.2, 0) is 9.59 Å². The molecule has 2 amide bonds. The van der Waals surface area contributed by atoms with Crippen LogP contribution in [0.4, 0.5) is 5.69 Å². The first-order chi connectivity index (χ1) is 17.8.